The summed E-state index contributed by atoms with van der Waals surface area (Å²) in [6, 6.07) is 3.98. The van der Waals surface area contributed by atoms with Crippen molar-refractivity contribution in [3.05, 3.63) is 34.4 Å². The number of hydrogen-bond donors (Lipinski definition) is 2. The van der Waals surface area contributed by atoms with Crippen molar-refractivity contribution in [3.63, 3.8) is 0 Å². The van der Waals surface area contributed by atoms with E-state index in [1.807, 2.05) is 13.0 Å². The van der Waals surface area contributed by atoms with E-state index in [1.165, 1.54) is 12.1 Å². The zero-order valence-electron chi connectivity index (χ0n) is 24.5. The second kappa shape index (κ2) is 11.0. The molecule has 0 aliphatic carbocycles. The van der Waals surface area contributed by atoms with Crippen LogP contribution in [0.15, 0.2) is 12.1 Å². The highest BCUT2D eigenvalue weighted by Gasteiger charge is 2.49. The quantitative estimate of drug-likeness (QED) is 0.264. The molecule has 5 heterocycles. The molecule has 236 valence electrons. The normalized spacial score (nSPS) is 23.6. The summed E-state index contributed by atoms with van der Waals surface area (Å²) >= 11 is 7.86. The van der Waals surface area contributed by atoms with Crippen LogP contribution in [0.1, 0.15) is 38.7 Å². The van der Waals surface area contributed by atoms with Gasteiger partial charge in [-0.2, -0.15) is 15.2 Å². The second-order valence-electron chi connectivity index (χ2n) is 12.1. The van der Waals surface area contributed by atoms with Crippen LogP contribution in [-0.4, -0.2) is 76.7 Å². The molecule has 4 aromatic rings. The number of nitrogens with zero attached hydrogens (tertiary/aromatic N) is 5. The average molecular weight is 659 g/mol. The van der Waals surface area contributed by atoms with Gasteiger partial charge in [0.15, 0.2) is 11.6 Å². The molecule has 0 amide bonds. The highest BCUT2D eigenvalue weighted by Crippen LogP contribution is 2.51. The number of hydrogen-bond acceptors (Lipinski definition) is 10. The Labute approximate surface area is 265 Å². The lowest BCUT2D eigenvalue weighted by Gasteiger charge is -2.31. The molecule has 2 aromatic heterocycles. The molecule has 2 saturated heterocycles. The van der Waals surface area contributed by atoms with E-state index in [1.54, 1.807) is 11.8 Å². The molecule has 7 rings (SSSR count). The number of aromatic nitrogens is 2. The standard InChI is InChI=1S/C31H30ClF3N6O3S/c1-14(12-42)41-10-15(2)44-26-22-25(38-30(39-29(22)41)43-13-31-6-3-7-40(31)11-16(33)8-31)24(35)21(23(26)32)17-4-5-19(34)27-20(17)18(9-36)28(37)45-27/h4-5,14-16,42H,3,6-8,10-13,37H2,1-2H3/t14-,15+,16-,31+/m1/s1. The Balaban J connectivity index is 1.47. The minimum absolute atomic E-state index is 0.0127. The highest BCUT2D eigenvalue weighted by molar-refractivity contribution is 7.23. The molecule has 2 fully saturated rings. The topological polar surface area (TPSA) is 121 Å². The molecule has 0 radical (unpaired) electrons. The Morgan fingerprint density at radius 1 is 1.31 bits per heavy atom. The molecule has 0 spiro atoms. The van der Waals surface area contributed by atoms with Crippen molar-refractivity contribution in [1.82, 2.24) is 14.9 Å². The van der Waals surface area contributed by atoms with Crippen LogP contribution in [0.2, 0.25) is 5.02 Å². The van der Waals surface area contributed by atoms with Crippen LogP contribution in [0, 0.1) is 23.0 Å². The number of nitrogen functional groups attached to an aromatic ring is 1. The Morgan fingerprint density at radius 3 is 2.87 bits per heavy atom. The van der Waals surface area contributed by atoms with E-state index in [0.717, 1.165) is 30.7 Å². The van der Waals surface area contributed by atoms with Gasteiger partial charge in [-0.3, -0.25) is 4.90 Å². The maximum Gasteiger partial charge on any atom is 0.319 e. The summed E-state index contributed by atoms with van der Waals surface area (Å²) in [7, 11) is 0. The summed E-state index contributed by atoms with van der Waals surface area (Å²) < 4.78 is 59.0. The van der Waals surface area contributed by atoms with E-state index in [2.05, 4.69) is 9.88 Å². The third-order valence-corrected chi connectivity index (χ3v) is 10.6. The summed E-state index contributed by atoms with van der Waals surface area (Å²) in [6.07, 6.45) is 0.563. The molecule has 9 nitrogen and oxygen atoms in total. The highest BCUT2D eigenvalue weighted by atomic mass is 35.5. The van der Waals surface area contributed by atoms with Crippen molar-refractivity contribution in [2.75, 3.05) is 43.5 Å². The molecular weight excluding hydrogens is 629 g/mol. The largest absolute Gasteiger partial charge is 0.486 e. The van der Waals surface area contributed by atoms with Crippen molar-refractivity contribution in [2.45, 2.75) is 57.0 Å². The van der Waals surface area contributed by atoms with E-state index in [4.69, 9.17) is 31.8 Å². The number of thiophene rings is 1. The zero-order valence-corrected chi connectivity index (χ0v) is 26.1. The summed E-state index contributed by atoms with van der Waals surface area (Å²) in [5, 5.41) is 20.3. The fraction of sp³-hybridized carbons (Fsp3) is 0.452. The summed E-state index contributed by atoms with van der Waals surface area (Å²) in [6.45, 7) is 4.89. The number of benzene rings is 2. The predicted molar refractivity (Wildman–Crippen MR) is 167 cm³/mol. The Bertz CT molecular complexity index is 1900. The number of alkyl halides is 1. The van der Waals surface area contributed by atoms with Gasteiger partial charge in [0.05, 0.1) is 45.4 Å². The fourth-order valence-corrected chi connectivity index (χ4v) is 8.37. The zero-order chi connectivity index (χ0) is 31.8. The second-order valence-corrected chi connectivity index (χ2v) is 13.5. The van der Waals surface area contributed by atoms with Gasteiger partial charge in [0.2, 0.25) is 0 Å². The number of halogens is 4. The molecule has 45 heavy (non-hydrogen) atoms. The fourth-order valence-electron chi connectivity index (χ4n) is 7.10. The molecule has 2 aromatic carbocycles. The first kappa shape index (κ1) is 30.1. The maximum atomic E-state index is 17.0. The lowest BCUT2D eigenvalue weighted by molar-refractivity contribution is 0.107. The van der Waals surface area contributed by atoms with Gasteiger partial charge in [-0.25, -0.2) is 13.2 Å². The number of aliphatic hydroxyl groups excluding tert-OH is 1. The van der Waals surface area contributed by atoms with E-state index < -0.39 is 35.5 Å². The van der Waals surface area contributed by atoms with Gasteiger partial charge in [0.1, 0.15) is 47.1 Å². The number of aliphatic hydroxyl groups is 1. The van der Waals surface area contributed by atoms with E-state index in [0.29, 0.717) is 13.0 Å². The molecule has 0 bridgehead atoms. The van der Waals surface area contributed by atoms with Gasteiger partial charge < -0.3 is 25.2 Å². The first-order chi connectivity index (χ1) is 21.6. The van der Waals surface area contributed by atoms with Crippen molar-refractivity contribution < 1.29 is 27.8 Å². The van der Waals surface area contributed by atoms with Gasteiger partial charge in [-0.05, 0) is 44.9 Å². The monoisotopic (exact) mass is 658 g/mol. The van der Waals surface area contributed by atoms with Gasteiger partial charge in [-0.1, -0.05) is 17.7 Å². The number of nitrogens with two attached hydrogens (primary N) is 1. The third-order valence-electron chi connectivity index (χ3n) is 9.21. The van der Waals surface area contributed by atoms with Crippen LogP contribution < -0.4 is 20.1 Å². The number of rotatable bonds is 6. The Kier molecular flexibility index (Phi) is 7.39. The van der Waals surface area contributed by atoms with Gasteiger partial charge in [-0.15, -0.1) is 11.3 Å². The first-order valence-corrected chi connectivity index (χ1v) is 16.0. The minimum Gasteiger partial charge on any atom is -0.486 e. The summed E-state index contributed by atoms with van der Waals surface area (Å²) in [5.74, 6) is -1.08. The smallest absolute Gasteiger partial charge is 0.319 e. The summed E-state index contributed by atoms with van der Waals surface area (Å²) in [4.78, 5) is 13.1. The molecule has 3 N–H and O–H groups in total. The van der Waals surface area contributed by atoms with E-state index in [9.17, 15) is 19.1 Å². The molecule has 3 aliphatic heterocycles. The Morgan fingerprint density at radius 2 is 2.11 bits per heavy atom. The van der Waals surface area contributed by atoms with Crippen molar-refractivity contribution >= 4 is 54.7 Å². The molecule has 0 unspecified atom stereocenters. The number of anilines is 2. The SMILES string of the molecule is C[C@H](CO)N1C[C@H](C)Oc2c(Cl)c(-c3ccc(F)c4sc(N)c(C#N)c34)c(F)c3nc(OC[C@@]45CCCN4C[C@H](F)C5)nc1c23. The van der Waals surface area contributed by atoms with Crippen molar-refractivity contribution in [1.29, 1.82) is 5.26 Å². The van der Waals surface area contributed by atoms with Gasteiger partial charge in [0, 0.05) is 23.9 Å². The third kappa shape index (κ3) is 4.64. The van der Waals surface area contributed by atoms with Gasteiger partial charge >= 0.3 is 6.01 Å². The first-order valence-electron chi connectivity index (χ1n) is 14.8. The van der Waals surface area contributed by atoms with Crippen LogP contribution in [0.25, 0.3) is 32.1 Å². The van der Waals surface area contributed by atoms with Gasteiger partial charge in [0.25, 0.3) is 0 Å². The van der Waals surface area contributed by atoms with Crippen LogP contribution >= 0.6 is 22.9 Å². The Hall–Kier alpha value is -3.57. The van der Waals surface area contributed by atoms with E-state index >= 15 is 4.39 Å². The number of nitriles is 1. The van der Waals surface area contributed by atoms with Crippen molar-refractivity contribution in [3.8, 4) is 29.0 Å². The number of fused-ring (bicyclic) bond motifs is 2. The molecule has 0 saturated carbocycles. The van der Waals surface area contributed by atoms with Crippen LogP contribution in [0.4, 0.5) is 24.0 Å². The number of ether oxygens (including phenoxy) is 2. The van der Waals surface area contributed by atoms with Crippen LogP contribution in [0.3, 0.4) is 0 Å². The molecule has 4 atom stereocenters. The lowest BCUT2D eigenvalue weighted by atomic mass is 9.95. The minimum atomic E-state index is -0.961. The lowest BCUT2D eigenvalue weighted by Crippen LogP contribution is -2.43. The van der Waals surface area contributed by atoms with Crippen LogP contribution in [-0.2, 0) is 0 Å². The van der Waals surface area contributed by atoms with E-state index in [-0.39, 0.29) is 85.0 Å². The average Bonchev–Trinajstić information content (AvgIpc) is 3.63. The summed E-state index contributed by atoms with van der Waals surface area (Å²) in [5.41, 5.74) is 5.43. The molecular formula is C31H30ClF3N6O3S. The maximum absolute atomic E-state index is 17.0. The van der Waals surface area contributed by atoms with Crippen molar-refractivity contribution in [2.24, 2.45) is 0 Å². The predicted octanol–water partition coefficient (Wildman–Crippen LogP) is 5.82. The molecule has 3 aliphatic rings. The van der Waals surface area contributed by atoms with Crippen LogP contribution in [0.5, 0.6) is 11.8 Å². The molecule has 14 heteroatoms.